The monoisotopic (exact) mass is 389 g/mol. The van der Waals surface area contributed by atoms with Gasteiger partial charge < -0.3 is 8.98 Å². The second-order valence-corrected chi connectivity index (χ2v) is 8.24. The Morgan fingerprint density at radius 1 is 0.700 bits per heavy atom. The van der Waals surface area contributed by atoms with E-state index >= 15 is 0 Å². The molecule has 6 aromatic rings. The van der Waals surface area contributed by atoms with Gasteiger partial charge in [-0.3, -0.25) is 0 Å². The third kappa shape index (κ3) is 2.50. The van der Waals surface area contributed by atoms with Crippen LogP contribution in [0.4, 0.5) is 0 Å². The number of benzene rings is 4. The van der Waals surface area contributed by atoms with Crippen LogP contribution in [0.15, 0.2) is 83.3 Å². The lowest BCUT2D eigenvalue weighted by molar-refractivity contribution is 0.669. The molecule has 30 heavy (non-hydrogen) atoms. The van der Waals surface area contributed by atoms with Crippen molar-refractivity contribution in [3.63, 3.8) is 0 Å². The van der Waals surface area contributed by atoms with Crippen molar-refractivity contribution in [1.82, 2.24) is 4.57 Å². The van der Waals surface area contributed by atoms with E-state index in [2.05, 4.69) is 97.3 Å². The van der Waals surface area contributed by atoms with E-state index in [1.807, 2.05) is 0 Å². The lowest BCUT2D eigenvalue weighted by atomic mass is 10.0. The van der Waals surface area contributed by atoms with Gasteiger partial charge in [-0.15, -0.1) is 0 Å². The highest BCUT2D eigenvalue weighted by atomic mass is 16.3. The van der Waals surface area contributed by atoms with Gasteiger partial charge in [-0.25, -0.2) is 0 Å². The summed E-state index contributed by atoms with van der Waals surface area (Å²) >= 11 is 0. The van der Waals surface area contributed by atoms with Crippen LogP contribution in [0.2, 0.25) is 0 Å². The maximum atomic E-state index is 6.29. The summed E-state index contributed by atoms with van der Waals surface area (Å²) in [5.41, 5.74) is 8.13. The molecular weight excluding hydrogens is 366 g/mol. The van der Waals surface area contributed by atoms with Crippen LogP contribution in [0.25, 0.3) is 49.4 Å². The number of nitrogens with zero attached hydrogens (tertiary/aromatic N) is 1. The summed E-state index contributed by atoms with van der Waals surface area (Å²) in [5, 5.41) is 4.97. The molecule has 0 radical (unpaired) electrons. The summed E-state index contributed by atoms with van der Waals surface area (Å²) in [6, 6.07) is 28.5. The number of para-hydroxylation sites is 1. The van der Waals surface area contributed by atoms with Crippen molar-refractivity contribution in [2.45, 2.75) is 26.7 Å². The highest BCUT2D eigenvalue weighted by Crippen LogP contribution is 2.38. The molecule has 4 aromatic carbocycles. The molecule has 0 fully saturated rings. The number of aryl methyl sites for hydroxylation is 2. The molecule has 0 atom stereocenters. The molecule has 0 saturated heterocycles. The lowest BCUT2D eigenvalue weighted by Gasteiger charge is -2.07. The molecular formula is C28H23NO. The molecule has 0 spiro atoms. The molecule has 146 valence electrons. The molecule has 0 aliphatic carbocycles. The Morgan fingerprint density at radius 2 is 1.50 bits per heavy atom. The SMILES string of the molecule is CCCc1ccc2oc3cc4c(cc3c2c1)c1cc(C)ccc1n4-c1ccccc1. The molecule has 2 nitrogen and oxygen atoms in total. The molecule has 2 heterocycles. The van der Waals surface area contributed by atoms with Gasteiger partial charge in [0.15, 0.2) is 0 Å². The minimum Gasteiger partial charge on any atom is -0.456 e. The molecule has 2 aromatic heterocycles. The normalized spacial score (nSPS) is 11.9. The van der Waals surface area contributed by atoms with Crippen molar-refractivity contribution in [2.75, 3.05) is 0 Å². The van der Waals surface area contributed by atoms with Gasteiger partial charge in [-0.1, -0.05) is 49.2 Å². The van der Waals surface area contributed by atoms with E-state index in [9.17, 15) is 0 Å². The van der Waals surface area contributed by atoms with Crippen LogP contribution in [0, 0.1) is 6.92 Å². The number of aromatic nitrogens is 1. The molecule has 6 rings (SSSR count). The molecule has 0 bridgehead atoms. The zero-order valence-corrected chi connectivity index (χ0v) is 17.3. The zero-order valence-electron chi connectivity index (χ0n) is 17.3. The second kappa shape index (κ2) is 6.50. The first kappa shape index (κ1) is 17.3. The Hall–Kier alpha value is -3.52. The minimum absolute atomic E-state index is 0.947. The summed E-state index contributed by atoms with van der Waals surface area (Å²) in [6.07, 6.45) is 2.24. The van der Waals surface area contributed by atoms with Crippen LogP contribution >= 0.6 is 0 Å². The van der Waals surface area contributed by atoms with Gasteiger partial charge in [-0.05, 0) is 61.4 Å². The average Bonchev–Trinajstić information content (AvgIpc) is 3.27. The van der Waals surface area contributed by atoms with Crippen LogP contribution < -0.4 is 0 Å². The number of hydrogen-bond donors (Lipinski definition) is 0. The van der Waals surface area contributed by atoms with E-state index in [-0.39, 0.29) is 0 Å². The predicted octanol–water partition coefficient (Wildman–Crippen LogP) is 7.94. The molecule has 0 unspecified atom stereocenters. The van der Waals surface area contributed by atoms with Crippen LogP contribution in [-0.2, 0) is 6.42 Å². The molecule has 2 heteroatoms. The first-order valence-corrected chi connectivity index (χ1v) is 10.7. The zero-order chi connectivity index (χ0) is 20.2. The van der Waals surface area contributed by atoms with Crippen LogP contribution in [0.1, 0.15) is 24.5 Å². The van der Waals surface area contributed by atoms with Crippen molar-refractivity contribution in [3.8, 4) is 5.69 Å². The van der Waals surface area contributed by atoms with Crippen LogP contribution in [-0.4, -0.2) is 4.57 Å². The quantitative estimate of drug-likeness (QED) is 0.300. The Morgan fingerprint density at radius 3 is 2.33 bits per heavy atom. The minimum atomic E-state index is 0.947. The fourth-order valence-electron chi connectivity index (χ4n) is 4.75. The maximum absolute atomic E-state index is 6.29. The Balaban J connectivity index is 1.76. The molecule has 0 amide bonds. The first-order valence-electron chi connectivity index (χ1n) is 10.7. The summed E-state index contributed by atoms with van der Waals surface area (Å²) in [5.74, 6) is 0. The number of rotatable bonds is 3. The molecule has 0 aliphatic heterocycles. The van der Waals surface area contributed by atoms with Crippen molar-refractivity contribution in [1.29, 1.82) is 0 Å². The lowest BCUT2D eigenvalue weighted by Crippen LogP contribution is -1.92. The second-order valence-electron chi connectivity index (χ2n) is 8.24. The smallest absolute Gasteiger partial charge is 0.137 e. The first-order chi connectivity index (χ1) is 14.7. The van der Waals surface area contributed by atoms with Crippen molar-refractivity contribution in [2.24, 2.45) is 0 Å². The standard InChI is InChI=1S/C28H23NO/c1-3-7-19-11-13-27-23(15-19)24-16-22-21-14-18(2)10-12-25(21)29(20-8-5-4-6-9-20)26(22)17-28(24)30-27/h4-6,8-17H,3,7H2,1-2H3. The van der Waals surface area contributed by atoms with Gasteiger partial charge in [0.05, 0.1) is 11.0 Å². The highest BCUT2D eigenvalue weighted by Gasteiger charge is 2.16. The number of furan rings is 1. The van der Waals surface area contributed by atoms with Crippen molar-refractivity contribution >= 4 is 43.7 Å². The van der Waals surface area contributed by atoms with Gasteiger partial charge in [-0.2, -0.15) is 0 Å². The maximum Gasteiger partial charge on any atom is 0.137 e. The highest BCUT2D eigenvalue weighted by molar-refractivity contribution is 6.17. The largest absolute Gasteiger partial charge is 0.456 e. The van der Waals surface area contributed by atoms with E-state index in [4.69, 9.17) is 4.42 Å². The fraction of sp³-hybridized carbons (Fsp3) is 0.143. The Labute approximate surface area is 175 Å². The summed E-state index contributed by atoms with van der Waals surface area (Å²) in [4.78, 5) is 0. The summed E-state index contributed by atoms with van der Waals surface area (Å²) in [7, 11) is 0. The fourth-order valence-corrected chi connectivity index (χ4v) is 4.75. The summed E-state index contributed by atoms with van der Waals surface area (Å²) < 4.78 is 8.64. The van der Waals surface area contributed by atoms with E-state index in [0.717, 1.165) is 24.0 Å². The Kier molecular flexibility index (Phi) is 3.76. The molecule has 0 N–H and O–H groups in total. The molecule has 0 saturated carbocycles. The van der Waals surface area contributed by atoms with Crippen LogP contribution in [0.3, 0.4) is 0 Å². The predicted molar refractivity (Wildman–Crippen MR) is 127 cm³/mol. The third-order valence-corrected chi connectivity index (χ3v) is 6.13. The van der Waals surface area contributed by atoms with Gasteiger partial charge in [0, 0.05) is 33.3 Å². The topological polar surface area (TPSA) is 18.1 Å². The van der Waals surface area contributed by atoms with E-state index in [1.165, 1.54) is 49.4 Å². The number of fused-ring (bicyclic) bond motifs is 6. The average molecular weight is 389 g/mol. The van der Waals surface area contributed by atoms with Crippen molar-refractivity contribution < 1.29 is 4.42 Å². The van der Waals surface area contributed by atoms with E-state index < -0.39 is 0 Å². The third-order valence-electron chi connectivity index (χ3n) is 6.13. The van der Waals surface area contributed by atoms with Gasteiger partial charge in [0.1, 0.15) is 11.2 Å². The number of hydrogen-bond acceptors (Lipinski definition) is 1. The molecule has 0 aliphatic rings. The van der Waals surface area contributed by atoms with Crippen molar-refractivity contribution in [3.05, 3.63) is 90.0 Å². The van der Waals surface area contributed by atoms with E-state index in [1.54, 1.807) is 0 Å². The van der Waals surface area contributed by atoms with Gasteiger partial charge >= 0.3 is 0 Å². The van der Waals surface area contributed by atoms with Crippen LogP contribution in [0.5, 0.6) is 0 Å². The van der Waals surface area contributed by atoms with E-state index in [0.29, 0.717) is 0 Å². The van der Waals surface area contributed by atoms with Gasteiger partial charge in [0.2, 0.25) is 0 Å². The summed E-state index contributed by atoms with van der Waals surface area (Å²) in [6.45, 7) is 4.38. The van der Waals surface area contributed by atoms with Gasteiger partial charge in [0.25, 0.3) is 0 Å². The Bertz CT molecular complexity index is 1550.